The highest BCUT2D eigenvalue weighted by molar-refractivity contribution is 7.98. The van der Waals surface area contributed by atoms with Gasteiger partial charge in [-0.2, -0.15) is 5.10 Å². The number of H-pyrrole nitrogens is 1. The van der Waals surface area contributed by atoms with Gasteiger partial charge in [0.2, 0.25) is 5.16 Å². The Morgan fingerprint density at radius 3 is 2.67 bits per heavy atom. The number of hydrogen-bond donors (Lipinski definition) is 3. The van der Waals surface area contributed by atoms with Gasteiger partial charge in [-0.25, -0.2) is 14.3 Å². The van der Waals surface area contributed by atoms with Crippen LogP contribution in [0.5, 0.6) is 0 Å². The average Bonchev–Trinajstić information content (AvgIpc) is 3.36. The Labute approximate surface area is 177 Å². The molecular formula is C21H22N6O2S. The first kappa shape index (κ1) is 20.0. The lowest BCUT2D eigenvalue weighted by atomic mass is 9.92. The van der Waals surface area contributed by atoms with Crippen molar-refractivity contribution in [2.24, 2.45) is 0 Å². The average molecular weight is 423 g/mol. The van der Waals surface area contributed by atoms with E-state index < -0.39 is 5.97 Å². The number of carbonyl (C=O) groups is 1. The Morgan fingerprint density at radius 2 is 2.00 bits per heavy atom. The maximum Gasteiger partial charge on any atom is 0.335 e. The van der Waals surface area contributed by atoms with E-state index in [1.807, 2.05) is 36.5 Å². The van der Waals surface area contributed by atoms with E-state index in [1.54, 1.807) is 16.6 Å². The number of aromatic carboxylic acids is 1. The van der Waals surface area contributed by atoms with Gasteiger partial charge in [0.15, 0.2) is 11.6 Å². The van der Waals surface area contributed by atoms with E-state index in [0.717, 1.165) is 16.8 Å². The smallest absolute Gasteiger partial charge is 0.335 e. The number of nitrogens with zero attached hydrogens (tertiary/aromatic N) is 4. The van der Waals surface area contributed by atoms with Gasteiger partial charge in [-0.05, 0) is 29.8 Å². The summed E-state index contributed by atoms with van der Waals surface area (Å²) in [4.78, 5) is 15.7. The third-order valence-corrected chi connectivity index (χ3v) is 5.48. The number of fused-ring (bicyclic) bond motifs is 1. The Balaban J connectivity index is 1.55. The molecule has 8 nitrogen and oxygen atoms in total. The first-order chi connectivity index (χ1) is 14.3. The molecule has 0 saturated heterocycles. The number of carboxylic acids is 1. The minimum atomic E-state index is -0.931. The molecule has 3 N–H and O–H groups in total. The van der Waals surface area contributed by atoms with Crippen molar-refractivity contribution < 1.29 is 9.90 Å². The number of aromatic amines is 1. The molecule has 9 heteroatoms. The zero-order valence-corrected chi connectivity index (χ0v) is 17.7. The number of carboxylic acid groups (broad SMARTS) is 1. The van der Waals surface area contributed by atoms with Gasteiger partial charge in [0.25, 0.3) is 0 Å². The van der Waals surface area contributed by atoms with Crippen LogP contribution in [0.1, 0.15) is 42.4 Å². The summed E-state index contributed by atoms with van der Waals surface area (Å²) in [6, 6.07) is 12.7. The fourth-order valence-corrected chi connectivity index (χ4v) is 3.64. The van der Waals surface area contributed by atoms with Crippen LogP contribution in [0.25, 0.3) is 5.52 Å². The van der Waals surface area contributed by atoms with Crippen molar-refractivity contribution in [2.45, 2.75) is 37.1 Å². The number of hydrogen-bond acceptors (Lipinski definition) is 6. The summed E-state index contributed by atoms with van der Waals surface area (Å²) in [7, 11) is 0. The predicted octanol–water partition coefficient (Wildman–Crippen LogP) is 4.48. The van der Waals surface area contributed by atoms with Gasteiger partial charge >= 0.3 is 5.97 Å². The third kappa shape index (κ3) is 4.30. The Hall–Kier alpha value is -3.33. The maximum atomic E-state index is 11.0. The summed E-state index contributed by atoms with van der Waals surface area (Å²) in [6.07, 6.45) is 1.87. The lowest BCUT2D eigenvalue weighted by Gasteiger charge is -2.14. The highest BCUT2D eigenvalue weighted by Gasteiger charge is 2.17. The highest BCUT2D eigenvalue weighted by atomic mass is 32.2. The molecule has 0 aliphatic heterocycles. The molecule has 0 aliphatic rings. The first-order valence-corrected chi connectivity index (χ1v) is 10.4. The van der Waals surface area contributed by atoms with Crippen molar-refractivity contribution in [1.29, 1.82) is 0 Å². The van der Waals surface area contributed by atoms with E-state index >= 15 is 0 Å². The van der Waals surface area contributed by atoms with Gasteiger partial charge in [0.05, 0.1) is 5.56 Å². The number of benzene rings is 1. The van der Waals surface area contributed by atoms with Crippen LogP contribution in [0.4, 0.5) is 11.6 Å². The molecule has 0 fully saturated rings. The van der Waals surface area contributed by atoms with E-state index in [1.165, 1.54) is 11.8 Å². The second-order valence-electron chi connectivity index (χ2n) is 7.91. The molecule has 3 aromatic heterocycles. The van der Waals surface area contributed by atoms with Gasteiger partial charge in [-0.1, -0.05) is 44.7 Å². The molecule has 0 radical (unpaired) electrons. The van der Waals surface area contributed by atoms with Crippen molar-refractivity contribution in [3.05, 3.63) is 65.5 Å². The van der Waals surface area contributed by atoms with Crippen LogP contribution in [-0.2, 0) is 11.2 Å². The fraction of sp³-hybridized carbons (Fsp3) is 0.238. The van der Waals surface area contributed by atoms with Gasteiger partial charge in [0.1, 0.15) is 5.52 Å². The number of aromatic nitrogens is 5. The second kappa shape index (κ2) is 7.83. The van der Waals surface area contributed by atoms with Crippen LogP contribution >= 0.6 is 11.8 Å². The lowest BCUT2D eigenvalue weighted by Crippen LogP contribution is -2.11. The molecule has 0 saturated carbocycles. The molecule has 0 atom stereocenters. The number of rotatable bonds is 6. The molecule has 0 spiro atoms. The second-order valence-corrected chi connectivity index (χ2v) is 8.86. The zero-order valence-electron chi connectivity index (χ0n) is 16.9. The number of thioether (sulfide) groups is 1. The van der Waals surface area contributed by atoms with Crippen LogP contribution in [0.2, 0.25) is 0 Å². The van der Waals surface area contributed by atoms with E-state index in [9.17, 15) is 4.79 Å². The summed E-state index contributed by atoms with van der Waals surface area (Å²) >= 11 is 1.48. The Bertz CT molecular complexity index is 1190. The Morgan fingerprint density at radius 1 is 1.23 bits per heavy atom. The number of nitrogens with one attached hydrogen (secondary N) is 2. The quantitative estimate of drug-likeness (QED) is 0.393. The van der Waals surface area contributed by atoms with E-state index in [-0.39, 0.29) is 11.0 Å². The minimum absolute atomic E-state index is 0.0276. The monoisotopic (exact) mass is 422 g/mol. The normalized spacial score (nSPS) is 11.7. The van der Waals surface area contributed by atoms with Gasteiger partial charge in [-0.3, -0.25) is 5.10 Å². The lowest BCUT2D eigenvalue weighted by molar-refractivity contribution is 0.0697. The Kier molecular flexibility index (Phi) is 5.21. The molecule has 0 amide bonds. The minimum Gasteiger partial charge on any atom is -0.478 e. The standard InChI is InChI=1S/C21H22N6O2S/c1-21(2,3)16-11-17(25-24-16)22-18-15-5-4-10-27(15)26-20(23-18)30-12-13-6-8-14(9-7-13)19(28)29/h4-11H,12H2,1-3H3,(H,28,29)(H2,22,23,24,25,26). The van der Waals surface area contributed by atoms with Gasteiger partial charge in [-0.15, -0.1) is 5.10 Å². The molecule has 3 heterocycles. The van der Waals surface area contributed by atoms with Crippen LogP contribution in [-0.4, -0.2) is 35.9 Å². The van der Waals surface area contributed by atoms with Crippen molar-refractivity contribution in [3.8, 4) is 0 Å². The highest BCUT2D eigenvalue weighted by Crippen LogP contribution is 2.27. The number of anilines is 2. The van der Waals surface area contributed by atoms with Crippen LogP contribution in [0.15, 0.2) is 53.8 Å². The molecule has 30 heavy (non-hydrogen) atoms. The van der Waals surface area contributed by atoms with Crippen LogP contribution in [0, 0.1) is 0 Å². The van der Waals surface area contributed by atoms with Crippen molar-refractivity contribution in [1.82, 2.24) is 24.8 Å². The molecule has 0 bridgehead atoms. The molecule has 4 rings (SSSR count). The molecule has 0 aliphatic carbocycles. The fourth-order valence-electron chi connectivity index (χ4n) is 2.85. The van der Waals surface area contributed by atoms with E-state index in [4.69, 9.17) is 5.11 Å². The summed E-state index contributed by atoms with van der Waals surface area (Å²) in [6.45, 7) is 6.37. The largest absolute Gasteiger partial charge is 0.478 e. The van der Waals surface area contributed by atoms with Gasteiger partial charge < -0.3 is 10.4 Å². The summed E-state index contributed by atoms with van der Waals surface area (Å²) in [5.41, 5.74) is 3.13. The predicted molar refractivity (Wildman–Crippen MR) is 117 cm³/mol. The van der Waals surface area contributed by atoms with Crippen molar-refractivity contribution >= 4 is 34.9 Å². The van der Waals surface area contributed by atoms with Gasteiger partial charge in [0, 0.05) is 29.1 Å². The summed E-state index contributed by atoms with van der Waals surface area (Å²) < 4.78 is 1.78. The van der Waals surface area contributed by atoms with Crippen LogP contribution in [0.3, 0.4) is 0 Å². The molecule has 154 valence electrons. The molecule has 1 aromatic carbocycles. The molecular weight excluding hydrogens is 400 g/mol. The first-order valence-electron chi connectivity index (χ1n) is 9.43. The summed E-state index contributed by atoms with van der Waals surface area (Å²) in [5, 5.41) is 24.9. The van der Waals surface area contributed by atoms with E-state index in [0.29, 0.717) is 22.5 Å². The topological polar surface area (TPSA) is 108 Å². The molecule has 0 unspecified atom stereocenters. The van der Waals surface area contributed by atoms with E-state index in [2.05, 4.69) is 46.4 Å². The van der Waals surface area contributed by atoms with Crippen LogP contribution < -0.4 is 5.32 Å². The third-order valence-electron chi connectivity index (χ3n) is 4.57. The molecule has 4 aromatic rings. The van der Waals surface area contributed by atoms with Crippen molar-refractivity contribution in [2.75, 3.05) is 5.32 Å². The van der Waals surface area contributed by atoms with Crippen molar-refractivity contribution in [3.63, 3.8) is 0 Å². The zero-order chi connectivity index (χ0) is 21.3. The maximum absolute atomic E-state index is 11.0. The SMILES string of the molecule is CC(C)(C)c1cc(Nc2nc(SCc3ccc(C(=O)O)cc3)nn3cccc23)n[nH]1. The summed E-state index contributed by atoms with van der Waals surface area (Å²) in [5.74, 6) is 1.06.